The minimum atomic E-state index is -0.301. The van der Waals surface area contributed by atoms with E-state index < -0.39 is 0 Å². The zero-order valence-electron chi connectivity index (χ0n) is 12.1. The SMILES string of the molecule is CC(c1n[nH]c(=O)n1CCc1ccccc1F)n1cccn1. The summed E-state index contributed by atoms with van der Waals surface area (Å²) in [6.45, 7) is 2.26. The number of halogens is 1. The summed E-state index contributed by atoms with van der Waals surface area (Å²) in [6.07, 6.45) is 3.90. The lowest BCUT2D eigenvalue weighted by molar-refractivity contribution is 0.495. The fourth-order valence-corrected chi connectivity index (χ4v) is 2.43. The van der Waals surface area contributed by atoms with Crippen molar-refractivity contribution in [2.24, 2.45) is 0 Å². The Morgan fingerprint density at radius 1 is 1.32 bits per heavy atom. The number of nitrogens with zero attached hydrogens (tertiary/aromatic N) is 4. The second kappa shape index (κ2) is 5.97. The van der Waals surface area contributed by atoms with Crippen LogP contribution in [0.2, 0.25) is 0 Å². The summed E-state index contributed by atoms with van der Waals surface area (Å²) in [4.78, 5) is 11.9. The van der Waals surface area contributed by atoms with Crippen molar-refractivity contribution in [2.75, 3.05) is 0 Å². The summed E-state index contributed by atoms with van der Waals surface area (Å²) in [6, 6.07) is 8.19. The minimum absolute atomic E-state index is 0.186. The Morgan fingerprint density at radius 3 is 2.86 bits per heavy atom. The van der Waals surface area contributed by atoms with Crippen molar-refractivity contribution in [1.82, 2.24) is 24.5 Å². The first kappa shape index (κ1) is 14.2. The Morgan fingerprint density at radius 2 is 2.14 bits per heavy atom. The quantitative estimate of drug-likeness (QED) is 0.780. The average Bonchev–Trinajstić information content (AvgIpc) is 3.16. The molecule has 114 valence electrons. The number of nitrogens with one attached hydrogen (secondary N) is 1. The summed E-state index contributed by atoms with van der Waals surface area (Å²) < 4.78 is 16.9. The van der Waals surface area contributed by atoms with Crippen LogP contribution in [-0.4, -0.2) is 24.5 Å². The van der Waals surface area contributed by atoms with Crippen LogP contribution < -0.4 is 5.69 Å². The molecule has 3 aromatic rings. The van der Waals surface area contributed by atoms with Crippen LogP contribution in [-0.2, 0) is 13.0 Å². The number of aryl methyl sites for hydroxylation is 1. The van der Waals surface area contributed by atoms with Crippen LogP contribution in [0.5, 0.6) is 0 Å². The number of H-pyrrole nitrogens is 1. The molecule has 0 aliphatic heterocycles. The molecule has 22 heavy (non-hydrogen) atoms. The molecule has 0 saturated carbocycles. The van der Waals surface area contributed by atoms with Crippen molar-refractivity contribution in [2.45, 2.75) is 25.9 Å². The molecule has 0 bridgehead atoms. The van der Waals surface area contributed by atoms with E-state index in [0.717, 1.165) is 0 Å². The summed E-state index contributed by atoms with van der Waals surface area (Å²) in [7, 11) is 0. The topological polar surface area (TPSA) is 68.5 Å². The molecule has 3 rings (SSSR count). The molecule has 0 radical (unpaired) electrons. The molecule has 0 amide bonds. The summed E-state index contributed by atoms with van der Waals surface area (Å²) in [5, 5.41) is 10.7. The molecular formula is C15H16FN5O. The molecule has 1 N–H and O–H groups in total. The molecule has 2 heterocycles. The molecule has 2 aromatic heterocycles. The number of rotatable bonds is 5. The van der Waals surface area contributed by atoms with E-state index in [1.807, 2.05) is 19.2 Å². The molecule has 0 aliphatic rings. The van der Waals surface area contributed by atoms with Gasteiger partial charge >= 0.3 is 5.69 Å². The largest absolute Gasteiger partial charge is 0.343 e. The minimum Gasteiger partial charge on any atom is -0.277 e. The first-order valence-electron chi connectivity index (χ1n) is 7.04. The maximum Gasteiger partial charge on any atom is 0.343 e. The van der Waals surface area contributed by atoms with Crippen LogP contribution in [0.25, 0.3) is 0 Å². The lowest BCUT2D eigenvalue weighted by atomic mass is 10.1. The van der Waals surface area contributed by atoms with Crippen molar-refractivity contribution in [1.29, 1.82) is 0 Å². The highest BCUT2D eigenvalue weighted by Crippen LogP contribution is 2.14. The van der Waals surface area contributed by atoms with Gasteiger partial charge in [-0.2, -0.15) is 10.2 Å². The van der Waals surface area contributed by atoms with Crippen LogP contribution in [0, 0.1) is 5.82 Å². The number of benzene rings is 1. The molecule has 0 spiro atoms. The summed E-state index contributed by atoms with van der Waals surface area (Å²) >= 11 is 0. The average molecular weight is 301 g/mol. The Hall–Kier alpha value is -2.70. The third kappa shape index (κ3) is 2.69. The number of hydrogen-bond acceptors (Lipinski definition) is 3. The number of aromatic amines is 1. The van der Waals surface area contributed by atoms with E-state index in [1.165, 1.54) is 10.6 Å². The van der Waals surface area contributed by atoms with Crippen LogP contribution in [0.1, 0.15) is 24.4 Å². The van der Waals surface area contributed by atoms with Gasteiger partial charge < -0.3 is 0 Å². The normalized spacial score (nSPS) is 12.5. The molecule has 1 atom stereocenters. The molecule has 7 heteroatoms. The fourth-order valence-electron chi connectivity index (χ4n) is 2.43. The maximum absolute atomic E-state index is 13.7. The lowest BCUT2D eigenvalue weighted by Gasteiger charge is -2.13. The Labute approximate surface area is 126 Å². The molecule has 6 nitrogen and oxygen atoms in total. The highest BCUT2D eigenvalue weighted by molar-refractivity contribution is 5.17. The van der Waals surface area contributed by atoms with Crippen molar-refractivity contribution >= 4 is 0 Å². The predicted octanol–water partition coefficient (Wildman–Crippen LogP) is 1.76. The van der Waals surface area contributed by atoms with Crippen LogP contribution in [0.4, 0.5) is 4.39 Å². The van der Waals surface area contributed by atoms with Crippen molar-refractivity contribution in [3.8, 4) is 0 Å². The van der Waals surface area contributed by atoms with Gasteiger partial charge in [-0.1, -0.05) is 18.2 Å². The monoisotopic (exact) mass is 301 g/mol. The van der Waals surface area contributed by atoms with Gasteiger partial charge in [-0.05, 0) is 31.0 Å². The molecule has 0 aliphatic carbocycles. The molecule has 0 saturated heterocycles. The van der Waals surface area contributed by atoms with Crippen LogP contribution in [0.15, 0.2) is 47.5 Å². The summed E-state index contributed by atoms with van der Waals surface area (Å²) in [5.74, 6) is 0.311. The first-order chi connectivity index (χ1) is 10.7. The van der Waals surface area contributed by atoms with Gasteiger partial charge in [0.05, 0.1) is 0 Å². The van der Waals surface area contributed by atoms with Gasteiger partial charge in [0, 0.05) is 18.9 Å². The second-order valence-electron chi connectivity index (χ2n) is 5.04. The Kier molecular flexibility index (Phi) is 3.86. The van der Waals surface area contributed by atoms with Gasteiger partial charge in [0.15, 0.2) is 5.82 Å². The highest BCUT2D eigenvalue weighted by atomic mass is 19.1. The predicted molar refractivity (Wildman–Crippen MR) is 79.0 cm³/mol. The molecule has 0 fully saturated rings. The van der Waals surface area contributed by atoms with Gasteiger partial charge in [0.25, 0.3) is 0 Å². The molecular weight excluding hydrogens is 285 g/mol. The maximum atomic E-state index is 13.7. The van der Waals surface area contributed by atoms with E-state index in [4.69, 9.17) is 0 Å². The van der Waals surface area contributed by atoms with E-state index in [2.05, 4.69) is 15.3 Å². The third-order valence-corrected chi connectivity index (χ3v) is 3.65. The number of hydrogen-bond donors (Lipinski definition) is 1. The van der Waals surface area contributed by atoms with Gasteiger partial charge in [0.2, 0.25) is 0 Å². The third-order valence-electron chi connectivity index (χ3n) is 3.65. The zero-order valence-corrected chi connectivity index (χ0v) is 12.1. The highest BCUT2D eigenvalue weighted by Gasteiger charge is 2.17. The Bertz CT molecular complexity index is 805. The fraction of sp³-hybridized carbons (Fsp3) is 0.267. The van der Waals surface area contributed by atoms with Gasteiger partial charge in [-0.25, -0.2) is 14.3 Å². The van der Waals surface area contributed by atoms with E-state index >= 15 is 0 Å². The lowest BCUT2D eigenvalue weighted by Crippen LogP contribution is -2.23. The van der Waals surface area contributed by atoms with E-state index in [1.54, 1.807) is 29.1 Å². The van der Waals surface area contributed by atoms with Crippen molar-refractivity contribution in [3.63, 3.8) is 0 Å². The molecule has 1 aromatic carbocycles. The standard InChI is InChI=1S/C15H16FN5O/c1-11(21-9-4-8-17-21)14-18-19-15(22)20(14)10-7-12-5-2-3-6-13(12)16/h2-6,8-9,11H,7,10H2,1H3,(H,19,22). The number of aromatic nitrogens is 5. The first-order valence-corrected chi connectivity index (χ1v) is 7.04. The summed E-state index contributed by atoms with van der Waals surface area (Å²) in [5.41, 5.74) is 0.277. The smallest absolute Gasteiger partial charge is 0.277 e. The van der Waals surface area contributed by atoms with E-state index in [9.17, 15) is 9.18 Å². The second-order valence-corrected chi connectivity index (χ2v) is 5.04. The van der Waals surface area contributed by atoms with Gasteiger partial charge in [0.1, 0.15) is 11.9 Å². The van der Waals surface area contributed by atoms with Crippen LogP contribution >= 0.6 is 0 Å². The zero-order chi connectivity index (χ0) is 15.5. The van der Waals surface area contributed by atoms with Crippen LogP contribution in [0.3, 0.4) is 0 Å². The Balaban J connectivity index is 1.84. The van der Waals surface area contributed by atoms with Gasteiger partial charge in [-0.3, -0.25) is 9.25 Å². The van der Waals surface area contributed by atoms with E-state index in [0.29, 0.717) is 24.4 Å². The van der Waals surface area contributed by atoms with Crippen molar-refractivity contribution in [3.05, 3.63) is 70.4 Å². The van der Waals surface area contributed by atoms with Crippen molar-refractivity contribution < 1.29 is 4.39 Å². The van der Waals surface area contributed by atoms with Gasteiger partial charge in [-0.15, -0.1) is 0 Å². The molecule has 1 unspecified atom stereocenters. The van der Waals surface area contributed by atoms with E-state index in [-0.39, 0.29) is 17.5 Å².